The quantitative estimate of drug-likeness (QED) is 0.676. The van der Waals surface area contributed by atoms with Crippen LogP contribution in [0.4, 0.5) is 0 Å². The average Bonchev–Trinajstić information content (AvgIpc) is 2.67. The van der Waals surface area contributed by atoms with Crippen LogP contribution in [0.2, 0.25) is 0 Å². The average molecular weight is 346 g/mol. The second kappa shape index (κ2) is 7.33. The lowest BCUT2D eigenvalue weighted by Crippen LogP contribution is -2.14. The van der Waals surface area contributed by atoms with Crippen molar-refractivity contribution in [2.75, 3.05) is 0 Å². The number of carbonyl (C=O) groups is 2. The van der Waals surface area contributed by atoms with Crippen molar-refractivity contribution in [1.29, 1.82) is 0 Å². The van der Waals surface area contributed by atoms with Gasteiger partial charge in [-0.2, -0.15) is 0 Å². The van der Waals surface area contributed by atoms with Crippen LogP contribution in [-0.4, -0.2) is 22.0 Å². The molecule has 3 aromatic rings. The SMILES string of the molecule is Cc1cccc(C(=O)C(O)c2ccccc2)c1-c1ccccc1C(=O)O. The minimum atomic E-state index is -1.31. The summed E-state index contributed by atoms with van der Waals surface area (Å²) in [6.45, 7) is 1.82. The summed E-state index contributed by atoms with van der Waals surface area (Å²) in [4.78, 5) is 24.6. The normalized spacial score (nSPS) is 11.8. The number of aryl methyl sites for hydroxylation is 1. The number of benzene rings is 3. The largest absolute Gasteiger partial charge is 0.478 e. The number of rotatable bonds is 5. The maximum absolute atomic E-state index is 13.0. The van der Waals surface area contributed by atoms with Crippen molar-refractivity contribution >= 4 is 11.8 Å². The number of hydrogen-bond acceptors (Lipinski definition) is 3. The molecule has 2 N–H and O–H groups in total. The van der Waals surface area contributed by atoms with Gasteiger partial charge in [0, 0.05) is 5.56 Å². The molecule has 0 saturated carbocycles. The van der Waals surface area contributed by atoms with Crippen molar-refractivity contribution in [3.63, 3.8) is 0 Å². The van der Waals surface area contributed by atoms with E-state index in [0.717, 1.165) is 5.56 Å². The van der Waals surface area contributed by atoms with Gasteiger partial charge in [0.15, 0.2) is 5.78 Å². The highest BCUT2D eigenvalue weighted by Gasteiger charge is 2.24. The number of aromatic carboxylic acids is 1. The molecule has 3 rings (SSSR count). The Labute approximate surface area is 151 Å². The summed E-state index contributed by atoms with van der Waals surface area (Å²) in [7, 11) is 0. The van der Waals surface area contributed by atoms with Crippen LogP contribution in [0.15, 0.2) is 72.8 Å². The lowest BCUT2D eigenvalue weighted by atomic mass is 9.88. The van der Waals surface area contributed by atoms with Gasteiger partial charge >= 0.3 is 5.97 Å². The molecule has 0 aliphatic rings. The second-order valence-electron chi connectivity index (χ2n) is 6.03. The molecule has 0 fully saturated rings. The van der Waals surface area contributed by atoms with Crippen LogP contribution < -0.4 is 0 Å². The van der Waals surface area contributed by atoms with Gasteiger partial charge in [-0.1, -0.05) is 66.7 Å². The maximum atomic E-state index is 13.0. The Morgan fingerprint density at radius 2 is 1.42 bits per heavy atom. The molecule has 0 heterocycles. The topological polar surface area (TPSA) is 74.6 Å². The standard InChI is InChI=1S/C22H18O4/c1-14-8-7-13-18(21(24)20(23)15-9-3-2-4-10-15)19(14)16-11-5-6-12-17(16)22(25)26/h2-13,20,23H,1H3,(H,25,26). The van der Waals surface area contributed by atoms with Gasteiger partial charge < -0.3 is 10.2 Å². The zero-order valence-electron chi connectivity index (χ0n) is 14.2. The van der Waals surface area contributed by atoms with Gasteiger partial charge in [0.05, 0.1) is 5.56 Å². The lowest BCUT2D eigenvalue weighted by molar-refractivity contribution is 0.0696. The molecule has 4 nitrogen and oxygen atoms in total. The van der Waals surface area contributed by atoms with Crippen LogP contribution in [0.1, 0.15) is 37.9 Å². The molecule has 0 saturated heterocycles. The molecule has 130 valence electrons. The third kappa shape index (κ3) is 3.27. The molecule has 0 aromatic heterocycles. The van der Waals surface area contributed by atoms with Gasteiger partial charge in [-0.05, 0) is 35.2 Å². The molecular weight excluding hydrogens is 328 g/mol. The zero-order chi connectivity index (χ0) is 18.7. The van der Waals surface area contributed by atoms with E-state index in [4.69, 9.17) is 0 Å². The van der Waals surface area contributed by atoms with Crippen molar-refractivity contribution in [1.82, 2.24) is 0 Å². The number of carboxylic acid groups (broad SMARTS) is 1. The van der Waals surface area contributed by atoms with Crippen LogP contribution in [0, 0.1) is 6.92 Å². The predicted octanol–water partition coefficient (Wildman–Crippen LogP) is 4.28. The van der Waals surface area contributed by atoms with Gasteiger partial charge in [0.2, 0.25) is 0 Å². The molecule has 0 bridgehead atoms. The fourth-order valence-electron chi connectivity index (χ4n) is 3.05. The van der Waals surface area contributed by atoms with E-state index in [0.29, 0.717) is 22.3 Å². The van der Waals surface area contributed by atoms with Crippen molar-refractivity contribution < 1.29 is 19.8 Å². The zero-order valence-corrected chi connectivity index (χ0v) is 14.2. The Morgan fingerprint density at radius 3 is 2.12 bits per heavy atom. The first kappa shape index (κ1) is 17.6. The van der Waals surface area contributed by atoms with Crippen LogP contribution in [-0.2, 0) is 0 Å². The van der Waals surface area contributed by atoms with Gasteiger partial charge in [-0.25, -0.2) is 4.79 Å². The number of Topliss-reactive ketones (excluding diaryl/α,β-unsaturated/α-hetero) is 1. The summed E-state index contributed by atoms with van der Waals surface area (Å²) < 4.78 is 0. The molecule has 0 radical (unpaired) electrons. The number of aliphatic hydroxyl groups excluding tert-OH is 1. The van der Waals surface area contributed by atoms with E-state index in [1.165, 1.54) is 6.07 Å². The van der Waals surface area contributed by atoms with Gasteiger partial charge in [0.25, 0.3) is 0 Å². The first-order chi connectivity index (χ1) is 12.5. The number of hydrogen-bond donors (Lipinski definition) is 2. The Morgan fingerprint density at radius 1 is 0.808 bits per heavy atom. The smallest absolute Gasteiger partial charge is 0.336 e. The predicted molar refractivity (Wildman–Crippen MR) is 99.3 cm³/mol. The Hall–Kier alpha value is -3.24. The molecule has 0 aliphatic heterocycles. The number of ketones is 1. The fourth-order valence-corrected chi connectivity index (χ4v) is 3.05. The van der Waals surface area contributed by atoms with E-state index in [2.05, 4.69) is 0 Å². The third-order valence-corrected chi connectivity index (χ3v) is 4.33. The first-order valence-corrected chi connectivity index (χ1v) is 8.20. The number of aliphatic hydroxyl groups is 1. The van der Waals surface area contributed by atoms with E-state index < -0.39 is 17.9 Å². The molecule has 1 atom stereocenters. The molecule has 0 spiro atoms. The summed E-state index contributed by atoms with van der Waals surface area (Å²) in [5.41, 5.74) is 2.67. The minimum absolute atomic E-state index is 0.116. The monoisotopic (exact) mass is 346 g/mol. The first-order valence-electron chi connectivity index (χ1n) is 8.20. The van der Waals surface area contributed by atoms with Gasteiger partial charge in [-0.3, -0.25) is 4.79 Å². The van der Waals surface area contributed by atoms with Crippen LogP contribution in [0.5, 0.6) is 0 Å². The van der Waals surface area contributed by atoms with E-state index in [-0.39, 0.29) is 5.56 Å². The van der Waals surface area contributed by atoms with Crippen molar-refractivity contribution in [3.8, 4) is 11.1 Å². The van der Waals surface area contributed by atoms with Crippen LogP contribution >= 0.6 is 0 Å². The van der Waals surface area contributed by atoms with Crippen LogP contribution in [0.25, 0.3) is 11.1 Å². The molecule has 0 aliphatic carbocycles. The number of carbonyl (C=O) groups excluding carboxylic acids is 1. The summed E-state index contributed by atoms with van der Waals surface area (Å²) in [5.74, 6) is -1.53. The lowest BCUT2D eigenvalue weighted by Gasteiger charge is -2.17. The summed E-state index contributed by atoms with van der Waals surface area (Å²) >= 11 is 0. The van der Waals surface area contributed by atoms with E-state index in [1.54, 1.807) is 54.6 Å². The minimum Gasteiger partial charge on any atom is -0.478 e. The third-order valence-electron chi connectivity index (χ3n) is 4.33. The summed E-state index contributed by atoms with van der Waals surface area (Å²) in [6, 6.07) is 20.4. The molecule has 1 unspecified atom stereocenters. The molecule has 0 amide bonds. The molecule has 26 heavy (non-hydrogen) atoms. The Kier molecular flexibility index (Phi) is 4.96. The number of carboxylic acids is 1. The Bertz CT molecular complexity index is 961. The summed E-state index contributed by atoms with van der Waals surface area (Å²) in [6.07, 6.45) is -1.31. The molecule has 4 heteroatoms. The van der Waals surface area contributed by atoms with Crippen LogP contribution in [0.3, 0.4) is 0 Å². The van der Waals surface area contributed by atoms with Crippen molar-refractivity contribution in [2.45, 2.75) is 13.0 Å². The summed E-state index contributed by atoms with van der Waals surface area (Å²) in [5, 5.41) is 20.0. The van der Waals surface area contributed by atoms with Gasteiger partial charge in [-0.15, -0.1) is 0 Å². The second-order valence-corrected chi connectivity index (χ2v) is 6.03. The maximum Gasteiger partial charge on any atom is 0.336 e. The Balaban J connectivity index is 2.15. The van der Waals surface area contributed by atoms with E-state index in [1.807, 2.05) is 19.1 Å². The highest BCUT2D eigenvalue weighted by molar-refractivity contribution is 6.08. The van der Waals surface area contributed by atoms with E-state index in [9.17, 15) is 19.8 Å². The molecular formula is C22H18O4. The fraction of sp³-hybridized carbons (Fsp3) is 0.0909. The van der Waals surface area contributed by atoms with Crippen molar-refractivity contribution in [3.05, 3.63) is 95.1 Å². The highest BCUT2D eigenvalue weighted by atomic mass is 16.4. The van der Waals surface area contributed by atoms with Gasteiger partial charge in [0.1, 0.15) is 6.10 Å². The molecule has 3 aromatic carbocycles. The van der Waals surface area contributed by atoms with E-state index >= 15 is 0 Å². The highest BCUT2D eigenvalue weighted by Crippen LogP contribution is 2.33. The van der Waals surface area contributed by atoms with Crippen molar-refractivity contribution in [2.24, 2.45) is 0 Å².